The van der Waals surface area contributed by atoms with Crippen LogP contribution in [-0.4, -0.2) is 35.4 Å². The molecule has 1 heterocycles. The van der Waals surface area contributed by atoms with Gasteiger partial charge in [-0.3, -0.25) is 4.79 Å². The average Bonchev–Trinajstić information content (AvgIpc) is 2.42. The van der Waals surface area contributed by atoms with Gasteiger partial charge in [0, 0.05) is 18.7 Å². The maximum absolute atomic E-state index is 12.0. The summed E-state index contributed by atoms with van der Waals surface area (Å²) in [7, 11) is 0. The lowest BCUT2D eigenvalue weighted by molar-refractivity contribution is -0.111. The minimum absolute atomic E-state index is 0.294. The molecule has 1 saturated carbocycles. The van der Waals surface area contributed by atoms with Gasteiger partial charge in [0.15, 0.2) is 5.12 Å². The predicted molar refractivity (Wildman–Crippen MR) is 88.1 cm³/mol. The van der Waals surface area contributed by atoms with E-state index in [4.69, 9.17) is 0 Å². The number of likely N-dealkylation sites (tertiary alicyclic amines) is 1. The highest BCUT2D eigenvalue weighted by Crippen LogP contribution is 2.48. The van der Waals surface area contributed by atoms with Gasteiger partial charge >= 0.3 is 0 Å². The highest BCUT2D eigenvalue weighted by Gasteiger charge is 2.39. The van der Waals surface area contributed by atoms with Gasteiger partial charge in [-0.05, 0) is 49.6 Å². The fraction of sp³-hybridized carbons (Fsp3) is 0.941. The van der Waals surface area contributed by atoms with Crippen LogP contribution in [0.5, 0.6) is 0 Å². The lowest BCUT2D eigenvalue weighted by Crippen LogP contribution is -2.44. The molecule has 3 heteroatoms. The van der Waals surface area contributed by atoms with Gasteiger partial charge in [-0.25, -0.2) is 0 Å². The van der Waals surface area contributed by atoms with Crippen LogP contribution in [0.25, 0.3) is 0 Å². The van der Waals surface area contributed by atoms with Crippen molar-refractivity contribution in [2.45, 2.75) is 65.7 Å². The first-order chi connectivity index (χ1) is 9.45. The Hall–Kier alpha value is -0.0200. The molecule has 0 atom stereocenters. The molecule has 0 aromatic carbocycles. The topological polar surface area (TPSA) is 20.3 Å². The summed E-state index contributed by atoms with van der Waals surface area (Å²) in [4.78, 5) is 14.5. The Morgan fingerprint density at radius 1 is 1.20 bits per heavy atom. The van der Waals surface area contributed by atoms with Gasteiger partial charge in [-0.2, -0.15) is 0 Å². The van der Waals surface area contributed by atoms with E-state index in [9.17, 15) is 4.79 Å². The molecule has 0 unspecified atom stereocenters. The van der Waals surface area contributed by atoms with Gasteiger partial charge in [0.1, 0.15) is 0 Å². The number of rotatable bonds is 6. The number of piperidine rings is 1. The van der Waals surface area contributed by atoms with Gasteiger partial charge in [0.05, 0.1) is 0 Å². The van der Waals surface area contributed by atoms with E-state index in [1.54, 1.807) is 11.8 Å². The number of carbonyl (C=O) groups excluding carboxylic acids is 1. The Bertz CT molecular complexity index is 326. The summed E-state index contributed by atoms with van der Waals surface area (Å²) >= 11 is 1.55. The van der Waals surface area contributed by atoms with E-state index in [1.165, 1.54) is 45.2 Å². The molecule has 2 aliphatic rings. The second-order valence-electron chi connectivity index (χ2n) is 7.62. The van der Waals surface area contributed by atoms with Crippen LogP contribution in [0.2, 0.25) is 0 Å². The van der Waals surface area contributed by atoms with Gasteiger partial charge in [-0.1, -0.05) is 45.4 Å². The van der Waals surface area contributed by atoms with E-state index >= 15 is 0 Å². The summed E-state index contributed by atoms with van der Waals surface area (Å²) in [6.07, 6.45) is 8.99. The molecule has 0 radical (unpaired) electrons. The molecule has 1 aliphatic carbocycles. The first-order valence-corrected chi connectivity index (χ1v) is 9.31. The molecule has 2 rings (SSSR count). The Balaban J connectivity index is 1.59. The second-order valence-corrected chi connectivity index (χ2v) is 8.66. The number of carbonyl (C=O) groups is 1. The van der Waals surface area contributed by atoms with Crippen LogP contribution in [0.4, 0.5) is 0 Å². The zero-order valence-electron chi connectivity index (χ0n) is 13.5. The lowest BCUT2D eigenvalue weighted by atomic mass is 9.63. The monoisotopic (exact) mass is 297 g/mol. The van der Waals surface area contributed by atoms with Crippen molar-refractivity contribution < 1.29 is 4.79 Å². The van der Waals surface area contributed by atoms with Crippen LogP contribution in [0, 0.1) is 10.8 Å². The van der Waals surface area contributed by atoms with Gasteiger partial charge in [0.25, 0.3) is 0 Å². The third kappa shape index (κ3) is 4.49. The Morgan fingerprint density at radius 2 is 1.85 bits per heavy atom. The van der Waals surface area contributed by atoms with Crippen LogP contribution in [0.1, 0.15) is 65.7 Å². The second kappa shape index (κ2) is 6.83. The highest BCUT2D eigenvalue weighted by atomic mass is 32.2. The van der Waals surface area contributed by atoms with Crippen molar-refractivity contribution in [3.63, 3.8) is 0 Å². The average molecular weight is 298 g/mol. The zero-order chi connectivity index (χ0) is 14.6. The van der Waals surface area contributed by atoms with Gasteiger partial charge < -0.3 is 4.90 Å². The summed E-state index contributed by atoms with van der Waals surface area (Å²) in [6, 6.07) is 0. The maximum atomic E-state index is 12.0. The van der Waals surface area contributed by atoms with Crippen LogP contribution >= 0.6 is 11.8 Å². The van der Waals surface area contributed by atoms with Crippen molar-refractivity contribution in [2.24, 2.45) is 10.8 Å². The van der Waals surface area contributed by atoms with E-state index in [1.807, 2.05) is 0 Å². The van der Waals surface area contributed by atoms with Crippen molar-refractivity contribution in [3.05, 3.63) is 0 Å². The largest absolute Gasteiger partial charge is 0.303 e. The van der Waals surface area contributed by atoms with E-state index in [0.29, 0.717) is 10.5 Å². The number of nitrogens with zero attached hydrogens (tertiary/aromatic N) is 1. The standard InChI is InChI=1S/C17H31NOS/c1-4-16(2,3)14-20-15(19)6-11-18-12-9-17(10-13-18)7-5-8-17/h4-14H2,1-3H3. The highest BCUT2D eigenvalue weighted by molar-refractivity contribution is 8.13. The number of hydrogen-bond donors (Lipinski definition) is 0. The van der Waals surface area contributed by atoms with Crippen LogP contribution in [0.3, 0.4) is 0 Å². The summed E-state index contributed by atoms with van der Waals surface area (Å²) < 4.78 is 0. The molecule has 0 amide bonds. The summed E-state index contributed by atoms with van der Waals surface area (Å²) in [6.45, 7) is 10.1. The first-order valence-electron chi connectivity index (χ1n) is 8.33. The van der Waals surface area contributed by atoms with Crippen LogP contribution in [0.15, 0.2) is 0 Å². The van der Waals surface area contributed by atoms with Crippen molar-refractivity contribution in [3.8, 4) is 0 Å². The molecule has 2 nitrogen and oxygen atoms in total. The fourth-order valence-corrected chi connectivity index (χ4v) is 4.12. The molecule has 1 spiro atoms. The minimum atomic E-state index is 0.294. The Labute approximate surface area is 129 Å². The molecule has 0 aromatic rings. The lowest BCUT2D eigenvalue weighted by Gasteiger charge is -2.48. The van der Waals surface area contributed by atoms with Crippen LogP contribution < -0.4 is 0 Å². The third-order valence-electron chi connectivity index (χ3n) is 5.54. The van der Waals surface area contributed by atoms with Crippen molar-refractivity contribution in [1.29, 1.82) is 0 Å². The molecule has 1 aliphatic heterocycles. The number of hydrogen-bond acceptors (Lipinski definition) is 3. The molecular weight excluding hydrogens is 266 g/mol. The van der Waals surface area contributed by atoms with E-state index in [0.717, 1.165) is 30.6 Å². The normalized spacial score (nSPS) is 22.8. The Morgan fingerprint density at radius 3 is 2.35 bits per heavy atom. The molecule has 1 saturated heterocycles. The molecule has 0 bridgehead atoms. The fourth-order valence-electron chi connectivity index (χ4n) is 3.13. The van der Waals surface area contributed by atoms with Crippen LogP contribution in [-0.2, 0) is 4.79 Å². The molecule has 0 N–H and O–H groups in total. The first kappa shape index (κ1) is 16.4. The van der Waals surface area contributed by atoms with Crippen molar-refractivity contribution >= 4 is 16.9 Å². The van der Waals surface area contributed by atoms with E-state index in [-0.39, 0.29) is 0 Å². The molecule has 0 aromatic heterocycles. The van der Waals surface area contributed by atoms with E-state index in [2.05, 4.69) is 25.7 Å². The zero-order valence-corrected chi connectivity index (χ0v) is 14.4. The molecule has 2 fully saturated rings. The molecule has 116 valence electrons. The Kier molecular flexibility index (Phi) is 5.58. The third-order valence-corrected chi connectivity index (χ3v) is 7.00. The SMILES string of the molecule is CCC(C)(C)CSC(=O)CCN1CCC2(CCC2)CC1. The summed E-state index contributed by atoms with van der Waals surface area (Å²) in [5.74, 6) is 0.964. The van der Waals surface area contributed by atoms with Crippen molar-refractivity contribution in [2.75, 3.05) is 25.4 Å². The van der Waals surface area contributed by atoms with E-state index < -0.39 is 0 Å². The minimum Gasteiger partial charge on any atom is -0.303 e. The van der Waals surface area contributed by atoms with Crippen molar-refractivity contribution in [1.82, 2.24) is 4.90 Å². The maximum Gasteiger partial charge on any atom is 0.190 e. The predicted octanol–water partition coefficient (Wildman–Crippen LogP) is 4.34. The molecular formula is C17H31NOS. The quantitative estimate of drug-likeness (QED) is 0.727. The molecule has 20 heavy (non-hydrogen) atoms. The van der Waals surface area contributed by atoms with Gasteiger partial charge in [0.2, 0.25) is 0 Å². The summed E-state index contributed by atoms with van der Waals surface area (Å²) in [5.41, 5.74) is 1.02. The van der Waals surface area contributed by atoms with Gasteiger partial charge in [-0.15, -0.1) is 0 Å². The smallest absolute Gasteiger partial charge is 0.190 e. The number of thioether (sulfide) groups is 1. The summed E-state index contributed by atoms with van der Waals surface area (Å²) in [5, 5.41) is 0.385.